The fraction of sp³-hybridized carbons (Fsp3) is 0.286. The van der Waals surface area contributed by atoms with Crippen molar-refractivity contribution in [2.24, 2.45) is 4.99 Å². The van der Waals surface area contributed by atoms with Crippen molar-refractivity contribution in [1.82, 2.24) is 14.5 Å². The van der Waals surface area contributed by atoms with E-state index in [0.29, 0.717) is 11.6 Å². The Hall–Kier alpha value is -2.50. The number of methoxy groups -OCH3 is 1. The highest BCUT2D eigenvalue weighted by Gasteiger charge is 2.28. The molecule has 0 bridgehead atoms. The van der Waals surface area contributed by atoms with Crippen molar-refractivity contribution in [3.63, 3.8) is 0 Å². The first-order valence-electron chi connectivity index (χ1n) is 9.08. The minimum Gasteiger partial charge on any atom is -0.378 e. The number of benzene rings is 1. The molecule has 0 saturated heterocycles. The molecule has 0 unspecified atom stereocenters. The van der Waals surface area contributed by atoms with Crippen molar-refractivity contribution in [1.29, 1.82) is 0 Å². The van der Waals surface area contributed by atoms with Crippen LogP contribution < -0.4 is 0 Å². The number of ether oxygens (including phenoxy) is 1. The average molecular weight is 381 g/mol. The summed E-state index contributed by atoms with van der Waals surface area (Å²) < 4.78 is 7.56. The lowest BCUT2D eigenvalue weighted by molar-refractivity contribution is 0.180. The zero-order valence-electron chi connectivity index (χ0n) is 15.4. The van der Waals surface area contributed by atoms with Gasteiger partial charge in [0, 0.05) is 23.9 Å². The smallest absolute Gasteiger partial charge is 0.138 e. The fourth-order valence-corrected chi connectivity index (χ4v) is 3.69. The summed E-state index contributed by atoms with van der Waals surface area (Å²) in [5.41, 5.74) is 4.63. The number of aliphatic imine (C=N–C) groups is 1. The topological polar surface area (TPSA) is 52.3 Å². The Bertz CT molecular complexity index is 981. The van der Waals surface area contributed by atoms with Gasteiger partial charge in [-0.3, -0.25) is 14.5 Å². The monoisotopic (exact) mass is 380 g/mol. The highest BCUT2D eigenvalue weighted by molar-refractivity contribution is 6.31. The summed E-state index contributed by atoms with van der Waals surface area (Å²) in [5, 5.41) is 0.668. The molecule has 27 heavy (non-hydrogen) atoms. The van der Waals surface area contributed by atoms with Gasteiger partial charge in [0.1, 0.15) is 11.9 Å². The zero-order chi connectivity index (χ0) is 18.8. The van der Waals surface area contributed by atoms with Crippen LogP contribution in [0.1, 0.15) is 48.6 Å². The molecule has 2 aromatic heterocycles. The number of halogens is 1. The molecule has 1 aliphatic rings. The Kier molecular flexibility index (Phi) is 5.05. The quantitative estimate of drug-likeness (QED) is 0.641. The number of rotatable bonds is 5. The molecule has 5 nitrogen and oxygen atoms in total. The van der Waals surface area contributed by atoms with Crippen LogP contribution in [0.15, 0.2) is 53.8 Å². The lowest BCUT2D eigenvalue weighted by Gasteiger charge is -2.15. The van der Waals surface area contributed by atoms with E-state index in [1.54, 1.807) is 13.3 Å². The number of pyridine rings is 1. The van der Waals surface area contributed by atoms with Crippen molar-refractivity contribution >= 4 is 17.3 Å². The molecular weight excluding hydrogens is 360 g/mol. The molecule has 6 heteroatoms. The van der Waals surface area contributed by atoms with Crippen molar-refractivity contribution in [2.75, 3.05) is 7.11 Å². The Morgan fingerprint density at radius 3 is 2.81 bits per heavy atom. The van der Waals surface area contributed by atoms with E-state index in [9.17, 15) is 0 Å². The first-order valence-corrected chi connectivity index (χ1v) is 9.45. The second-order valence-corrected chi connectivity index (χ2v) is 6.97. The maximum Gasteiger partial charge on any atom is 0.138 e. The van der Waals surface area contributed by atoms with E-state index in [0.717, 1.165) is 47.0 Å². The Balaban J connectivity index is 2.01. The van der Waals surface area contributed by atoms with E-state index < -0.39 is 0 Å². The van der Waals surface area contributed by atoms with Gasteiger partial charge < -0.3 is 4.74 Å². The predicted molar refractivity (Wildman–Crippen MR) is 107 cm³/mol. The van der Waals surface area contributed by atoms with Gasteiger partial charge >= 0.3 is 0 Å². The second-order valence-electron chi connectivity index (χ2n) is 6.53. The lowest BCUT2D eigenvalue weighted by atomic mass is 10.0. The number of nitrogens with zero attached hydrogens (tertiary/aromatic N) is 4. The molecule has 3 aromatic rings. The van der Waals surface area contributed by atoms with Crippen molar-refractivity contribution in [2.45, 2.75) is 32.4 Å². The minimum atomic E-state index is -0.0520. The molecular formula is C21H21ClN4O. The van der Waals surface area contributed by atoms with Crippen LogP contribution in [0, 0.1) is 0 Å². The third kappa shape index (κ3) is 3.29. The van der Waals surface area contributed by atoms with Crippen LogP contribution in [0.2, 0.25) is 5.02 Å². The summed E-state index contributed by atoms with van der Waals surface area (Å²) in [5.74, 6) is 0.929. The van der Waals surface area contributed by atoms with E-state index >= 15 is 0 Å². The van der Waals surface area contributed by atoms with Gasteiger partial charge in [0.05, 0.1) is 35.6 Å². The first kappa shape index (κ1) is 17.9. The van der Waals surface area contributed by atoms with E-state index in [-0.39, 0.29) is 6.04 Å². The maximum atomic E-state index is 6.36. The molecule has 1 aliphatic heterocycles. The van der Waals surface area contributed by atoms with Gasteiger partial charge in [0.25, 0.3) is 0 Å². The minimum absolute atomic E-state index is 0.0520. The predicted octanol–water partition coefficient (Wildman–Crippen LogP) is 4.76. The lowest BCUT2D eigenvalue weighted by Crippen LogP contribution is -2.10. The van der Waals surface area contributed by atoms with Crippen molar-refractivity contribution < 1.29 is 4.74 Å². The van der Waals surface area contributed by atoms with Crippen LogP contribution in [0.25, 0.3) is 5.69 Å². The summed E-state index contributed by atoms with van der Waals surface area (Å²) in [6.07, 6.45) is 5.58. The normalized spacial score (nSPS) is 15.7. The molecule has 0 N–H and O–H groups in total. The van der Waals surface area contributed by atoms with Crippen LogP contribution in [0.5, 0.6) is 0 Å². The number of hydrogen-bond acceptors (Lipinski definition) is 4. The molecule has 0 amide bonds. The molecule has 0 aliphatic carbocycles. The van der Waals surface area contributed by atoms with Crippen LogP contribution in [0.3, 0.4) is 0 Å². The molecule has 1 aromatic carbocycles. The Morgan fingerprint density at radius 1 is 1.19 bits per heavy atom. The van der Waals surface area contributed by atoms with Crippen molar-refractivity contribution in [3.8, 4) is 5.69 Å². The number of fused-ring (bicyclic) bond motifs is 3. The van der Waals surface area contributed by atoms with Crippen molar-refractivity contribution in [3.05, 3.63) is 76.6 Å². The third-order valence-electron chi connectivity index (χ3n) is 4.66. The fourth-order valence-electron chi connectivity index (χ4n) is 3.52. The average Bonchev–Trinajstić information content (AvgIpc) is 3.04. The van der Waals surface area contributed by atoms with E-state index in [2.05, 4.69) is 16.5 Å². The Morgan fingerprint density at radius 2 is 2.07 bits per heavy atom. The SMILES string of the molecule is CCC[C@@H]1N=C(c2ccccn2)c2cc(Cl)ccc2-n2c(COC)cnc21. The zero-order valence-corrected chi connectivity index (χ0v) is 16.1. The third-order valence-corrected chi connectivity index (χ3v) is 4.90. The van der Waals surface area contributed by atoms with Crippen LogP contribution >= 0.6 is 11.6 Å². The molecule has 4 rings (SSSR count). The first-order chi connectivity index (χ1) is 13.2. The molecule has 1 atom stereocenters. The number of hydrogen-bond donors (Lipinski definition) is 0. The van der Waals surface area contributed by atoms with Gasteiger partial charge in [0.2, 0.25) is 0 Å². The van der Waals surface area contributed by atoms with Gasteiger partial charge in [-0.25, -0.2) is 4.98 Å². The molecule has 0 radical (unpaired) electrons. The van der Waals surface area contributed by atoms with E-state index in [1.165, 1.54) is 0 Å². The van der Waals surface area contributed by atoms with Gasteiger partial charge in [-0.05, 0) is 36.8 Å². The summed E-state index contributed by atoms with van der Waals surface area (Å²) >= 11 is 6.36. The van der Waals surface area contributed by atoms with Crippen LogP contribution in [-0.4, -0.2) is 27.4 Å². The summed E-state index contributed by atoms with van der Waals surface area (Å²) in [7, 11) is 1.69. The highest BCUT2D eigenvalue weighted by Crippen LogP contribution is 2.34. The van der Waals surface area contributed by atoms with Crippen LogP contribution in [0.4, 0.5) is 0 Å². The summed E-state index contributed by atoms with van der Waals surface area (Å²) in [6.45, 7) is 2.64. The molecule has 0 spiro atoms. The van der Waals surface area contributed by atoms with Gasteiger partial charge in [0.15, 0.2) is 0 Å². The summed E-state index contributed by atoms with van der Waals surface area (Å²) in [6, 6.07) is 11.7. The summed E-state index contributed by atoms with van der Waals surface area (Å²) in [4.78, 5) is 14.4. The molecule has 138 valence electrons. The van der Waals surface area contributed by atoms with E-state index in [4.69, 9.17) is 26.3 Å². The number of aromatic nitrogens is 3. The Labute approximate surface area is 163 Å². The standard InChI is InChI=1S/C21H21ClN4O/c1-3-6-18-21-24-12-15(13-27-2)26(21)19-9-8-14(22)11-16(19)20(25-18)17-7-4-5-10-23-17/h4-5,7-12,18H,3,6,13H2,1-2H3/t18-/m0/s1. The molecule has 0 fully saturated rings. The molecule has 3 heterocycles. The molecule has 0 saturated carbocycles. The maximum absolute atomic E-state index is 6.36. The van der Waals surface area contributed by atoms with Gasteiger partial charge in [-0.1, -0.05) is 31.0 Å². The second kappa shape index (κ2) is 7.62. The van der Waals surface area contributed by atoms with Gasteiger partial charge in [-0.15, -0.1) is 0 Å². The largest absolute Gasteiger partial charge is 0.378 e. The number of imidazole rings is 1. The highest BCUT2D eigenvalue weighted by atomic mass is 35.5. The van der Waals surface area contributed by atoms with Gasteiger partial charge in [-0.2, -0.15) is 0 Å². The van der Waals surface area contributed by atoms with E-state index in [1.807, 2.05) is 42.6 Å². The van der Waals surface area contributed by atoms with Crippen LogP contribution in [-0.2, 0) is 11.3 Å².